The molecule has 6 nitrogen and oxygen atoms in total. The van der Waals surface area contributed by atoms with Gasteiger partial charge in [0.1, 0.15) is 0 Å². The Hall–Kier alpha value is -1.38. The predicted molar refractivity (Wildman–Crippen MR) is 85.2 cm³/mol. The first-order chi connectivity index (χ1) is 10.1. The fourth-order valence-corrected chi connectivity index (χ4v) is 4.02. The molecule has 1 aliphatic heterocycles. The number of benzene rings is 1. The molecule has 112 valence electrons. The fraction of sp³-hybridized carbons (Fsp3) is 0.308. The SMILES string of the molecule is O=C(NO)c1ccc(C(=O)NN=CC2CC(Br)CS2)cc1. The van der Waals surface area contributed by atoms with Crippen LogP contribution in [0.15, 0.2) is 29.4 Å². The first kappa shape index (κ1) is 16.0. The normalized spacial score (nSPS) is 21.4. The Morgan fingerprint density at radius 1 is 1.29 bits per heavy atom. The average molecular weight is 372 g/mol. The lowest BCUT2D eigenvalue weighted by molar-refractivity contribution is 0.0706. The molecule has 1 aliphatic rings. The van der Waals surface area contributed by atoms with Crippen molar-refractivity contribution in [3.8, 4) is 0 Å². The van der Waals surface area contributed by atoms with Crippen LogP contribution in [-0.4, -0.2) is 39.1 Å². The number of halogens is 1. The Balaban J connectivity index is 1.88. The van der Waals surface area contributed by atoms with Crippen molar-refractivity contribution in [3.63, 3.8) is 0 Å². The van der Waals surface area contributed by atoms with Gasteiger partial charge in [-0.3, -0.25) is 14.8 Å². The standard InChI is InChI=1S/C13H14BrN3O3S/c14-10-5-11(21-7-10)6-15-16-12(18)8-1-3-9(4-2-8)13(19)17-20/h1-4,6,10-11,20H,5,7H2,(H,16,18)(H,17,19). The van der Waals surface area contributed by atoms with E-state index in [2.05, 4.69) is 26.5 Å². The number of hydrogen-bond donors (Lipinski definition) is 3. The second kappa shape index (κ2) is 7.58. The molecule has 2 rings (SSSR count). The molecule has 2 amide bonds. The molecule has 2 unspecified atom stereocenters. The predicted octanol–water partition coefficient (Wildman–Crippen LogP) is 1.79. The molecule has 0 saturated carbocycles. The first-order valence-corrected chi connectivity index (χ1v) is 8.20. The van der Waals surface area contributed by atoms with Gasteiger partial charge in [-0.15, -0.1) is 0 Å². The summed E-state index contributed by atoms with van der Waals surface area (Å²) in [6.45, 7) is 0. The van der Waals surface area contributed by atoms with Crippen molar-refractivity contribution in [2.24, 2.45) is 5.10 Å². The molecule has 0 radical (unpaired) electrons. The van der Waals surface area contributed by atoms with E-state index in [-0.39, 0.29) is 11.5 Å². The summed E-state index contributed by atoms with van der Waals surface area (Å²) >= 11 is 5.33. The Morgan fingerprint density at radius 3 is 2.43 bits per heavy atom. The molecule has 0 aromatic heterocycles. The number of amides is 2. The van der Waals surface area contributed by atoms with Gasteiger partial charge in [-0.05, 0) is 30.7 Å². The number of thioether (sulfide) groups is 1. The van der Waals surface area contributed by atoms with Gasteiger partial charge >= 0.3 is 0 Å². The zero-order valence-corrected chi connectivity index (χ0v) is 13.4. The molecular weight excluding hydrogens is 358 g/mol. The summed E-state index contributed by atoms with van der Waals surface area (Å²) < 4.78 is 0. The first-order valence-electron chi connectivity index (χ1n) is 6.24. The maximum absolute atomic E-state index is 11.8. The van der Waals surface area contributed by atoms with Crippen molar-refractivity contribution in [3.05, 3.63) is 35.4 Å². The Labute approximate surface area is 134 Å². The third-order valence-corrected chi connectivity index (χ3v) is 5.36. The van der Waals surface area contributed by atoms with Crippen LogP contribution in [0.2, 0.25) is 0 Å². The summed E-state index contributed by atoms with van der Waals surface area (Å²) in [6, 6.07) is 5.89. The van der Waals surface area contributed by atoms with Crippen molar-refractivity contribution >= 4 is 45.7 Å². The van der Waals surface area contributed by atoms with E-state index < -0.39 is 5.91 Å². The van der Waals surface area contributed by atoms with Crippen LogP contribution in [-0.2, 0) is 0 Å². The summed E-state index contributed by atoms with van der Waals surface area (Å²) in [5.41, 5.74) is 4.64. The molecule has 1 aromatic carbocycles. The molecule has 0 aliphatic carbocycles. The van der Waals surface area contributed by atoms with E-state index in [9.17, 15) is 9.59 Å². The molecule has 21 heavy (non-hydrogen) atoms. The summed E-state index contributed by atoms with van der Waals surface area (Å²) in [4.78, 5) is 23.5. The molecular formula is C13H14BrN3O3S. The van der Waals surface area contributed by atoms with Gasteiger partial charge < -0.3 is 0 Å². The van der Waals surface area contributed by atoms with Crippen molar-refractivity contribution in [1.82, 2.24) is 10.9 Å². The zero-order chi connectivity index (χ0) is 15.2. The number of nitrogens with one attached hydrogen (secondary N) is 2. The highest BCUT2D eigenvalue weighted by molar-refractivity contribution is 9.09. The van der Waals surface area contributed by atoms with Gasteiger partial charge in [-0.1, -0.05) is 15.9 Å². The smallest absolute Gasteiger partial charge is 0.274 e. The largest absolute Gasteiger partial charge is 0.288 e. The highest BCUT2D eigenvalue weighted by Gasteiger charge is 2.21. The van der Waals surface area contributed by atoms with Crippen LogP contribution in [0.5, 0.6) is 0 Å². The topological polar surface area (TPSA) is 90.8 Å². The minimum Gasteiger partial charge on any atom is -0.288 e. The maximum Gasteiger partial charge on any atom is 0.274 e. The fourth-order valence-electron chi connectivity index (χ4n) is 1.80. The van der Waals surface area contributed by atoms with Crippen molar-refractivity contribution in [2.45, 2.75) is 16.5 Å². The van der Waals surface area contributed by atoms with Crippen LogP contribution in [0.1, 0.15) is 27.1 Å². The van der Waals surface area contributed by atoms with Crippen LogP contribution in [0.25, 0.3) is 0 Å². The second-order valence-electron chi connectivity index (χ2n) is 4.44. The molecule has 0 bridgehead atoms. The number of hydrazone groups is 1. The number of nitrogens with zero attached hydrogens (tertiary/aromatic N) is 1. The molecule has 8 heteroatoms. The van der Waals surface area contributed by atoms with E-state index in [0.717, 1.165) is 12.2 Å². The Morgan fingerprint density at radius 2 is 1.90 bits per heavy atom. The Bertz CT molecular complexity index is 550. The van der Waals surface area contributed by atoms with E-state index in [1.165, 1.54) is 29.7 Å². The molecule has 1 saturated heterocycles. The third kappa shape index (κ3) is 4.55. The van der Waals surface area contributed by atoms with E-state index in [1.807, 2.05) is 0 Å². The molecule has 3 N–H and O–H groups in total. The van der Waals surface area contributed by atoms with Crippen molar-refractivity contribution in [2.75, 3.05) is 5.75 Å². The van der Waals surface area contributed by atoms with Crippen molar-refractivity contribution in [1.29, 1.82) is 0 Å². The summed E-state index contributed by atoms with van der Waals surface area (Å²) in [7, 11) is 0. The molecule has 1 aromatic rings. The quantitative estimate of drug-likeness (QED) is 0.325. The number of alkyl halides is 1. The molecule has 2 atom stereocenters. The van der Waals surface area contributed by atoms with E-state index >= 15 is 0 Å². The lowest BCUT2D eigenvalue weighted by Gasteiger charge is -2.03. The number of hydroxylamine groups is 1. The minimum atomic E-state index is -0.623. The lowest BCUT2D eigenvalue weighted by Crippen LogP contribution is -2.20. The summed E-state index contributed by atoms with van der Waals surface area (Å²) in [5.74, 6) is 0.0714. The van der Waals surface area contributed by atoms with Gasteiger partial charge in [-0.2, -0.15) is 16.9 Å². The van der Waals surface area contributed by atoms with Crippen LogP contribution in [0.4, 0.5) is 0 Å². The Kier molecular flexibility index (Phi) is 5.77. The number of carbonyl (C=O) groups is 2. The summed E-state index contributed by atoms with van der Waals surface area (Å²) in [5, 5.41) is 12.8. The van der Waals surface area contributed by atoms with Crippen LogP contribution in [0.3, 0.4) is 0 Å². The van der Waals surface area contributed by atoms with Gasteiger partial charge in [0.25, 0.3) is 11.8 Å². The third-order valence-electron chi connectivity index (χ3n) is 2.90. The van der Waals surface area contributed by atoms with Gasteiger partial charge in [0.05, 0.1) is 0 Å². The summed E-state index contributed by atoms with van der Waals surface area (Å²) in [6.07, 6.45) is 2.73. The van der Waals surface area contributed by atoms with Gasteiger partial charge in [0.15, 0.2) is 0 Å². The molecule has 1 heterocycles. The number of hydrogen-bond acceptors (Lipinski definition) is 5. The second-order valence-corrected chi connectivity index (χ2v) is 7.01. The number of rotatable bonds is 4. The molecule has 1 fully saturated rings. The molecule has 0 spiro atoms. The van der Waals surface area contributed by atoms with Gasteiger partial charge in [0.2, 0.25) is 0 Å². The maximum atomic E-state index is 11.8. The van der Waals surface area contributed by atoms with Crippen LogP contribution in [0, 0.1) is 0 Å². The minimum absolute atomic E-state index is 0.267. The van der Waals surface area contributed by atoms with Gasteiger partial charge in [0, 0.05) is 33.2 Å². The van der Waals surface area contributed by atoms with Crippen molar-refractivity contribution < 1.29 is 14.8 Å². The van der Waals surface area contributed by atoms with Crippen LogP contribution >= 0.6 is 27.7 Å². The average Bonchev–Trinajstić information content (AvgIpc) is 2.92. The van der Waals surface area contributed by atoms with E-state index in [0.29, 0.717) is 15.6 Å². The van der Waals surface area contributed by atoms with Crippen LogP contribution < -0.4 is 10.9 Å². The lowest BCUT2D eigenvalue weighted by atomic mass is 10.1. The number of carbonyl (C=O) groups excluding carboxylic acids is 2. The van der Waals surface area contributed by atoms with E-state index in [1.54, 1.807) is 18.0 Å². The van der Waals surface area contributed by atoms with E-state index in [4.69, 9.17) is 5.21 Å². The highest BCUT2D eigenvalue weighted by atomic mass is 79.9. The highest BCUT2D eigenvalue weighted by Crippen LogP contribution is 2.29. The zero-order valence-electron chi connectivity index (χ0n) is 11.0. The van der Waals surface area contributed by atoms with Gasteiger partial charge in [-0.25, -0.2) is 10.9 Å². The monoisotopic (exact) mass is 371 g/mol.